The summed E-state index contributed by atoms with van der Waals surface area (Å²) in [7, 11) is 0. The van der Waals surface area contributed by atoms with Gasteiger partial charge in [0, 0.05) is 18.6 Å². The molecule has 12 heavy (non-hydrogen) atoms. The van der Waals surface area contributed by atoms with Gasteiger partial charge in [0.1, 0.15) is 0 Å². The van der Waals surface area contributed by atoms with Crippen LogP contribution in [0.3, 0.4) is 0 Å². The Morgan fingerprint density at radius 1 is 1.25 bits per heavy atom. The molecule has 0 fully saturated rings. The van der Waals surface area contributed by atoms with E-state index in [1.54, 1.807) is 24.8 Å². The smallest absolute Gasteiger partial charge is 0.227 e. The van der Waals surface area contributed by atoms with Gasteiger partial charge in [0.25, 0.3) is 0 Å². The normalized spacial score (nSPS) is 13.8. The molecule has 1 radical (unpaired) electrons. The average Bonchev–Trinajstić information content (AvgIpc) is 2.59. The maximum atomic E-state index is 3.96. The van der Waals surface area contributed by atoms with E-state index in [1.165, 1.54) is 0 Å². The second-order valence-electron chi connectivity index (χ2n) is 2.25. The van der Waals surface area contributed by atoms with Crippen LogP contribution < -0.4 is 10.6 Å². The van der Waals surface area contributed by atoms with Gasteiger partial charge >= 0.3 is 0 Å². The average molecular weight is 159 g/mol. The first kappa shape index (κ1) is 6.84. The Kier molecular flexibility index (Phi) is 1.74. The van der Waals surface area contributed by atoms with Crippen molar-refractivity contribution in [2.45, 2.75) is 0 Å². The summed E-state index contributed by atoms with van der Waals surface area (Å²) in [5.41, 5.74) is 0.892. The highest BCUT2D eigenvalue weighted by Crippen LogP contribution is 2.03. The predicted molar refractivity (Wildman–Crippen MR) is 46.6 cm³/mol. The summed E-state index contributed by atoms with van der Waals surface area (Å²) >= 11 is 0. The van der Waals surface area contributed by atoms with Crippen LogP contribution in [0.25, 0.3) is 0 Å². The highest BCUT2D eigenvalue weighted by Gasteiger charge is 2.01. The Labute approximate surface area is 70.0 Å². The largest absolute Gasteiger partial charge is 0.323 e. The summed E-state index contributed by atoms with van der Waals surface area (Å²) in [5, 5.41) is 6.96. The monoisotopic (exact) mass is 159 g/mol. The van der Waals surface area contributed by atoms with Crippen molar-refractivity contribution in [3.05, 3.63) is 36.9 Å². The molecular weight excluding hydrogens is 152 g/mol. The van der Waals surface area contributed by atoms with Crippen LogP contribution in [0.2, 0.25) is 0 Å². The summed E-state index contributed by atoms with van der Waals surface area (Å²) in [6.07, 6.45) is 6.71. The maximum Gasteiger partial charge on any atom is 0.227 e. The standard InChI is InChI=1S/C8H7N4/c1-2-7(6-9-3-1)12-8-10-4-5-11-8/h1-6H,(H,10,12). The van der Waals surface area contributed by atoms with Gasteiger partial charge in [0.15, 0.2) is 0 Å². The molecule has 0 saturated carbocycles. The van der Waals surface area contributed by atoms with Crippen LogP contribution >= 0.6 is 0 Å². The quantitative estimate of drug-likeness (QED) is 0.662. The third-order valence-corrected chi connectivity index (χ3v) is 1.38. The highest BCUT2D eigenvalue weighted by molar-refractivity contribution is 5.95. The fraction of sp³-hybridized carbons (Fsp3) is 0. The zero-order chi connectivity index (χ0) is 8.23. The number of aromatic nitrogens is 1. The van der Waals surface area contributed by atoms with Gasteiger partial charge in [-0.2, -0.15) is 0 Å². The number of aliphatic imine (C=N–C) groups is 1. The van der Waals surface area contributed by atoms with Crippen LogP contribution in [0.15, 0.2) is 41.9 Å². The van der Waals surface area contributed by atoms with Gasteiger partial charge in [-0.3, -0.25) is 4.98 Å². The topological polar surface area (TPSA) is 51.4 Å². The van der Waals surface area contributed by atoms with E-state index in [0.29, 0.717) is 5.96 Å². The predicted octanol–water partition coefficient (Wildman–Crippen LogP) is 0.939. The van der Waals surface area contributed by atoms with E-state index in [1.807, 2.05) is 12.1 Å². The van der Waals surface area contributed by atoms with E-state index in [4.69, 9.17) is 0 Å². The summed E-state index contributed by atoms with van der Waals surface area (Å²) < 4.78 is 0. The maximum absolute atomic E-state index is 3.96. The lowest BCUT2D eigenvalue weighted by molar-refractivity contribution is 1.26. The van der Waals surface area contributed by atoms with Crippen molar-refractivity contribution in [3.8, 4) is 0 Å². The van der Waals surface area contributed by atoms with Crippen molar-refractivity contribution in [2.75, 3.05) is 5.32 Å². The zero-order valence-electron chi connectivity index (χ0n) is 6.31. The minimum atomic E-state index is 0.600. The molecule has 0 saturated heterocycles. The minimum absolute atomic E-state index is 0.600. The number of guanidine groups is 1. The lowest BCUT2D eigenvalue weighted by Crippen LogP contribution is -2.17. The summed E-state index contributed by atoms with van der Waals surface area (Å²) in [6.45, 7) is 0. The van der Waals surface area contributed by atoms with Gasteiger partial charge in [-0.15, -0.1) is 0 Å². The molecule has 1 aromatic heterocycles. The Hall–Kier alpha value is -1.84. The van der Waals surface area contributed by atoms with Crippen molar-refractivity contribution in [1.82, 2.24) is 10.3 Å². The van der Waals surface area contributed by atoms with Crippen molar-refractivity contribution in [3.63, 3.8) is 0 Å². The van der Waals surface area contributed by atoms with E-state index in [9.17, 15) is 0 Å². The van der Waals surface area contributed by atoms with Gasteiger partial charge in [-0.25, -0.2) is 10.3 Å². The highest BCUT2D eigenvalue weighted by atomic mass is 15.2. The molecule has 0 amide bonds. The number of nitrogens with one attached hydrogen (secondary N) is 1. The van der Waals surface area contributed by atoms with Crippen LogP contribution in [0.1, 0.15) is 0 Å². The molecule has 0 atom stereocenters. The molecule has 0 aromatic carbocycles. The zero-order valence-corrected chi connectivity index (χ0v) is 6.31. The Morgan fingerprint density at radius 3 is 2.92 bits per heavy atom. The first-order valence-electron chi connectivity index (χ1n) is 3.56. The molecule has 0 bridgehead atoms. The fourth-order valence-electron chi connectivity index (χ4n) is 0.872. The lowest BCUT2D eigenvalue weighted by Gasteiger charge is -2.02. The van der Waals surface area contributed by atoms with Gasteiger partial charge in [-0.05, 0) is 12.1 Å². The molecule has 1 aliphatic heterocycles. The first-order chi connectivity index (χ1) is 5.95. The summed E-state index contributed by atoms with van der Waals surface area (Å²) in [6, 6.07) is 3.76. The van der Waals surface area contributed by atoms with Crippen molar-refractivity contribution in [1.29, 1.82) is 0 Å². The molecule has 59 valence electrons. The van der Waals surface area contributed by atoms with Crippen LogP contribution in [-0.4, -0.2) is 10.9 Å². The number of anilines is 1. The van der Waals surface area contributed by atoms with E-state index in [2.05, 4.69) is 20.6 Å². The molecule has 1 N–H and O–H groups in total. The van der Waals surface area contributed by atoms with Crippen LogP contribution in [0.5, 0.6) is 0 Å². The van der Waals surface area contributed by atoms with Crippen LogP contribution in [0, 0.1) is 0 Å². The van der Waals surface area contributed by atoms with Crippen LogP contribution in [-0.2, 0) is 0 Å². The third kappa shape index (κ3) is 1.42. The first-order valence-corrected chi connectivity index (χ1v) is 3.56. The SMILES string of the molecule is C1=CN=C(Nc2cccnc2)[N]1. The van der Waals surface area contributed by atoms with Crippen molar-refractivity contribution >= 4 is 11.6 Å². The summed E-state index contributed by atoms with van der Waals surface area (Å²) in [4.78, 5) is 7.91. The molecule has 0 unspecified atom stereocenters. The molecule has 1 aromatic rings. The molecule has 2 rings (SSSR count). The van der Waals surface area contributed by atoms with Crippen LogP contribution in [0.4, 0.5) is 5.69 Å². The Bertz CT molecular complexity index is 315. The van der Waals surface area contributed by atoms with E-state index in [-0.39, 0.29) is 0 Å². The Morgan fingerprint density at radius 2 is 2.25 bits per heavy atom. The molecule has 0 spiro atoms. The number of hydrogen-bond donors (Lipinski definition) is 1. The van der Waals surface area contributed by atoms with Crippen molar-refractivity contribution in [2.24, 2.45) is 4.99 Å². The number of pyridine rings is 1. The second-order valence-corrected chi connectivity index (χ2v) is 2.25. The number of nitrogens with zero attached hydrogens (tertiary/aromatic N) is 3. The van der Waals surface area contributed by atoms with Gasteiger partial charge < -0.3 is 5.32 Å². The fourth-order valence-corrected chi connectivity index (χ4v) is 0.872. The number of rotatable bonds is 1. The van der Waals surface area contributed by atoms with Crippen molar-refractivity contribution < 1.29 is 0 Å². The second kappa shape index (κ2) is 3.04. The molecule has 1 aliphatic rings. The lowest BCUT2D eigenvalue weighted by atomic mass is 10.4. The summed E-state index contributed by atoms with van der Waals surface area (Å²) in [5.74, 6) is 0.600. The molecule has 2 heterocycles. The molecule has 0 aliphatic carbocycles. The van der Waals surface area contributed by atoms with Gasteiger partial charge in [0.2, 0.25) is 5.96 Å². The minimum Gasteiger partial charge on any atom is -0.323 e. The Balaban J connectivity index is 2.05. The van der Waals surface area contributed by atoms with Gasteiger partial charge in [0.05, 0.1) is 11.9 Å². The van der Waals surface area contributed by atoms with E-state index < -0.39 is 0 Å². The van der Waals surface area contributed by atoms with E-state index >= 15 is 0 Å². The molecule has 4 nitrogen and oxygen atoms in total. The van der Waals surface area contributed by atoms with E-state index in [0.717, 1.165) is 5.69 Å². The number of hydrogen-bond acceptors (Lipinski definition) is 3. The molecular formula is C8H7N4. The third-order valence-electron chi connectivity index (χ3n) is 1.38. The van der Waals surface area contributed by atoms with Gasteiger partial charge in [-0.1, -0.05) is 0 Å². The molecule has 4 heteroatoms.